The Labute approximate surface area is 196 Å². The second-order valence-electron chi connectivity index (χ2n) is 7.95. The molecule has 0 bridgehead atoms. The van der Waals surface area contributed by atoms with E-state index in [0.29, 0.717) is 23.2 Å². The van der Waals surface area contributed by atoms with E-state index in [4.69, 9.17) is 0 Å². The summed E-state index contributed by atoms with van der Waals surface area (Å²) in [5.74, 6) is 0.0430. The molecule has 0 aliphatic rings. The highest BCUT2D eigenvalue weighted by Crippen LogP contribution is 2.28. The Balaban J connectivity index is 1.19. The van der Waals surface area contributed by atoms with Crippen LogP contribution in [0.4, 0.5) is 0 Å². The Hall–Kier alpha value is -3.04. The summed E-state index contributed by atoms with van der Waals surface area (Å²) in [5, 5.41) is 26.9. The predicted molar refractivity (Wildman–Crippen MR) is 132 cm³/mol. The van der Waals surface area contributed by atoms with Crippen LogP contribution in [0.5, 0.6) is 5.75 Å². The average molecular weight is 465 g/mol. The Morgan fingerprint density at radius 3 is 2.61 bits per heavy atom. The molecule has 0 fully saturated rings. The Bertz CT molecular complexity index is 1220. The zero-order chi connectivity index (χ0) is 23.0. The molecule has 0 aliphatic carbocycles. The van der Waals surface area contributed by atoms with Gasteiger partial charge in [0.05, 0.1) is 4.70 Å². The van der Waals surface area contributed by atoms with Gasteiger partial charge in [-0.25, -0.2) is 0 Å². The van der Waals surface area contributed by atoms with E-state index in [2.05, 4.69) is 44.9 Å². The number of phenols is 1. The largest absolute Gasteiger partial charge is 0.506 e. The lowest BCUT2D eigenvalue weighted by Gasteiger charge is -2.14. The van der Waals surface area contributed by atoms with E-state index in [-0.39, 0.29) is 10.6 Å². The Morgan fingerprint density at radius 1 is 1.00 bits per heavy atom. The number of aromatic amines is 1. The summed E-state index contributed by atoms with van der Waals surface area (Å²) in [6.07, 6.45) is 3.14. The SMILES string of the molecule is O=c1[nH]c2c(O)ccc(CC(O)NCCc3ccc(CNCCc4ccccn4)cc3)c2s1. The number of aliphatic hydroxyl groups is 1. The molecule has 4 rings (SSSR count). The van der Waals surface area contributed by atoms with Crippen LogP contribution in [0.25, 0.3) is 10.2 Å². The van der Waals surface area contributed by atoms with Crippen LogP contribution in [0.3, 0.4) is 0 Å². The number of aliphatic hydroxyl groups excluding tert-OH is 1. The maximum atomic E-state index is 11.6. The normalized spacial score (nSPS) is 12.3. The molecular weight excluding hydrogens is 436 g/mol. The van der Waals surface area contributed by atoms with Gasteiger partial charge in [-0.15, -0.1) is 0 Å². The van der Waals surface area contributed by atoms with E-state index in [9.17, 15) is 15.0 Å². The molecule has 2 aromatic heterocycles. The van der Waals surface area contributed by atoms with Crippen molar-refractivity contribution < 1.29 is 10.2 Å². The fourth-order valence-corrected chi connectivity index (χ4v) is 4.60. The molecule has 0 spiro atoms. The van der Waals surface area contributed by atoms with Gasteiger partial charge in [0.25, 0.3) is 0 Å². The van der Waals surface area contributed by atoms with Gasteiger partial charge in [-0.1, -0.05) is 47.7 Å². The molecule has 0 saturated heterocycles. The topological polar surface area (TPSA) is 110 Å². The lowest BCUT2D eigenvalue weighted by molar-refractivity contribution is 0.139. The molecule has 0 amide bonds. The van der Waals surface area contributed by atoms with E-state index in [1.54, 1.807) is 12.1 Å². The van der Waals surface area contributed by atoms with Gasteiger partial charge in [-0.05, 0) is 41.3 Å². The van der Waals surface area contributed by atoms with Gasteiger partial charge in [-0.3, -0.25) is 15.1 Å². The summed E-state index contributed by atoms with van der Waals surface area (Å²) < 4.78 is 0.685. The number of rotatable bonds is 11. The van der Waals surface area contributed by atoms with Gasteiger partial charge in [0.15, 0.2) is 0 Å². The first kappa shape index (κ1) is 23.1. The van der Waals surface area contributed by atoms with Crippen LogP contribution in [-0.2, 0) is 25.8 Å². The molecule has 2 aromatic carbocycles. The quantitative estimate of drug-likeness (QED) is 0.172. The number of aromatic hydroxyl groups is 1. The molecule has 1 unspecified atom stereocenters. The van der Waals surface area contributed by atoms with Crippen molar-refractivity contribution in [2.45, 2.75) is 32.0 Å². The summed E-state index contributed by atoms with van der Waals surface area (Å²) >= 11 is 1.04. The average Bonchev–Trinajstić information content (AvgIpc) is 3.23. The number of nitrogens with zero attached hydrogens (tertiary/aromatic N) is 1. The Morgan fingerprint density at radius 2 is 1.82 bits per heavy atom. The van der Waals surface area contributed by atoms with Gasteiger partial charge in [0, 0.05) is 44.4 Å². The molecule has 1 atom stereocenters. The number of aromatic nitrogens is 2. The number of nitrogens with one attached hydrogen (secondary N) is 3. The summed E-state index contributed by atoms with van der Waals surface area (Å²) in [6, 6.07) is 17.7. The highest BCUT2D eigenvalue weighted by Gasteiger charge is 2.13. The summed E-state index contributed by atoms with van der Waals surface area (Å²) in [6.45, 7) is 2.33. The highest BCUT2D eigenvalue weighted by atomic mass is 32.1. The first-order valence-corrected chi connectivity index (χ1v) is 11.8. The predicted octanol–water partition coefficient (Wildman–Crippen LogP) is 2.72. The van der Waals surface area contributed by atoms with Crippen LogP contribution in [-0.4, -0.2) is 39.5 Å². The number of thiazole rings is 1. The third-order valence-corrected chi connectivity index (χ3v) is 6.44. The summed E-state index contributed by atoms with van der Waals surface area (Å²) in [4.78, 5) is 18.4. The number of hydrogen-bond acceptors (Lipinski definition) is 7. The molecule has 33 heavy (non-hydrogen) atoms. The molecular formula is C25H28N4O3S. The van der Waals surface area contributed by atoms with Crippen LogP contribution < -0.4 is 15.5 Å². The van der Waals surface area contributed by atoms with E-state index in [1.807, 2.05) is 24.4 Å². The lowest BCUT2D eigenvalue weighted by Crippen LogP contribution is -2.32. The third kappa shape index (κ3) is 6.49. The van der Waals surface area contributed by atoms with Crippen molar-refractivity contribution in [3.8, 4) is 5.75 Å². The molecule has 0 saturated carbocycles. The third-order valence-electron chi connectivity index (χ3n) is 5.48. The molecule has 2 heterocycles. The molecule has 0 aliphatic heterocycles. The number of H-pyrrole nitrogens is 1. The van der Waals surface area contributed by atoms with Crippen LogP contribution >= 0.6 is 11.3 Å². The monoisotopic (exact) mass is 464 g/mol. The molecule has 4 aromatic rings. The van der Waals surface area contributed by atoms with E-state index in [1.165, 1.54) is 11.1 Å². The number of fused-ring (bicyclic) bond motifs is 1. The van der Waals surface area contributed by atoms with Crippen LogP contribution in [0.15, 0.2) is 65.6 Å². The maximum Gasteiger partial charge on any atom is 0.305 e. The first-order valence-electron chi connectivity index (χ1n) is 11.0. The fraction of sp³-hybridized carbons (Fsp3) is 0.280. The Kier molecular flexibility index (Phi) is 7.85. The highest BCUT2D eigenvalue weighted by molar-refractivity contribution is 7.16. The zero-order valence-electron chi connectivity index (χ0n) is 18.3. The van der Waals surface area contributed by atoms with Crippen molar-refractivity contribution in [3.63, 3.8) is 0 Å². The minimum Gasteiger partial charge on any atom is -0.506 e. The minimum atomic E-state index is -0.738. The summed E-state index contributed by atoms with van der Waals surface area (Å²) in [5.41, 5.74) is 4.78. The van der Waals surface area contributed by atoms with Gasteiger partial charge >= 0.3 is 4.87 Å². The number of benzene rings is 2. The van der Waals surface area contributed by atoms with E-state index in [0.717, 1.165) is 48.5 Å². The second kappa shape index (κ2) is 11.2. The van der Waals surface area contributed by atoms with Crippen molar-refractivity contribution in [1.82, 2.24) is 20.6 Å². The lowest BCUT2D eigenvalue weighted by atomic mass is 10.1. The maximum absolute atomic E-state index is 11.6. The van der Waals surface area contributed by atoms with Crippen molar-refractivity contribution in [2.24, 2.45) is 0 Å². The summed E-state index contributed by atoms with van der Waals surface area (Å²) in [7, 11) is 0. The van der Waals surface area contributed by atoms with Crippen LogP contribution in [0.2, 0.25) is 0 Å². The number of pyridine rings is 1. The van der Waals surface area contributed by atoms with Crippen molar-refractivity contribution in [3.05, 3.63) is 92.8 Å². The molecule has 172 valence electrons. The molecule has 5 N–H and O–H groups in total. The van der Waals surface area contributed by atoms with Gasteiger partial charge in [0.1, 0.15) is 17.5 Å². The number of hydrogen-bond donors (Lipinski definition) is 5. The minimum absolute atomic E-state index is 0.0430. The fourth-order valence-electron chi connectivity index (χ4n) is 3.72. The second-order valence-corrected chi connectivity index (χ2v) is 8.93. The zero-order valence-corrected chi connectivity index (χ0v) is 19.1. The van der Waals surface area contributed by atoms with Crippen LogP contribution in [0.1, 0.15) is 22.4 Å². The smallest absolute Gasteiger partial charge is 0.305 e. The first-order chi connectivity index (χ1) is 16.1. The van der Waals surface area contributed by atoms with Crippen molar-refractivity contribution >= 4 is 21.6 Å². The van der Waals surface area contributed by atoms with Crippen LogP contribution in [0, 0.1) is 0 Å². The van der Waals surface area contributed by atoms with Gasteiger partial charge in [0.2, 0.25) is 0 Å². The standard InChI is InChI=1S/C25H28N4O3S/c30-21-9-8-19(24-23(21)29-25(32)33-24)15-22(31)28-14-10-17-4-6-18(7-5-17)16-26-13-11-20-3-1-2-12-27-20/h1-9,12,22,26,28,30-31H,10-11,13-16H2,(H,29,32). The van der Waals surface area contributed by atoms with Crippen molar-refractivity contribution in [2.75, 3.05) is 13.1 Å². The van der Waals surface area contributed by atoms with E-state index >= 15 is 0 Å². The van der Waals surface area contributed by atoms with Gasteiger partial charge in [-0.2, -0.15) is 0 Å². The number of phenolic OH excluding ortho intramolecular Hbond substituents is 1. The van der Waals surface area contributed by atoms with Crippen molar-refractivity contribution in [1.29, 1.82) is 0 Å². The van der Waals surface area contributed by atoms with E-state index < -0.39 is 6.23 Å². The van der Waals surface area contributed by atoms with Gasteiger partial charge < -0.3 is 20.5 Å². The molecule has 0 radical (unpaired) electrons. The molecule has 8 heteroatoms. The molecule has 7 nitrogen and oxygen atoms in total.